The largest absolute Gasteiger partial charge is 0.462 e. The second-order valence-corrected chi connectivity index (χ2v) is 3.27. The van der Waals surface area contributed by atoms with Crippen LogP contribution < -0.4 is 5.73 Å². The molecule has 0 bridgehead atoms. The van der Waals surface area contributed by atoms with Crippen LogP contribution in [0.2, 0.25) is 0 Å². The highest BCUT2D eigenvalue weighted by atomic mass is 35.5. The molecule has 0 aromatic heterocycles. The Balaban J connectivity index is 3.77. The topological polar surface area (TPSA) is 69.4 Å². The monoisotopic (exact) mass is 219 g/mol. The van der Waals surface area contributed by atoms with Crippen molar-refractivity contribution in [1.82, 2.24) is 0 Å². The SMILES string of the molecule is C=C(C)C(=O)OCCC(CCl)C(N)=O. The van der Waals surface area contributed by atoms with Crippen molar-refractivity contribution in [2.75, 3.05) is 12.5 Å². The number of ether oxygens (including phenoxy) is 1. The fourth-order valence-electron chi connectivity index (χ4n) is 0.713. The van der Waals surface area contributed by atoms with Gasteiger partial charge in [0.05, 0.1) is 12.5 Å². The first-order valence-electron chi connectivity index (χ1n) is 4.17. The molecular weight excluding hydrogens is 206 g/mol. The Hall–Kier alpha value is -1.03. The van der Waals surface area contributed by atoms with E-state index in [1.807, 2.05) is 0 Å². The molecule has 4 nitrogen and oxygen atoms in total. The molecule has 1 amide bonds. The quantitative estimate of drug-likeness (QED) is 0.409. The summed E-state index contributed by atoms with van der Waals surface area (Å²) in [7, 11) is 0. The molecule has 5 heteroatoms. The number of esters is 1. The Morgan fingerprint density at radius 2 is 2.14 bits per heavy atom. The number of hydrogen-bond acceptors (Lipinski definition) is 3. The zero-order chi connectivity index (χ0) is 11.1. The average Bonchev–Trinajstić information content (AvgIpc) is 2.11. The van der Waals surface area contributed by atoms with Gasteiger partial charge in [-0.1, -0.05) is 6.58 Å². The highest BCUT2D eigenvalue weighted by molar-refractivity contribution is 6.19. The van der Waals surface area contributed by atoms with Gasteiger partial charge in [0.1, 0.15) is 0 Å². The Morgan fingerprint density at radius 1 is 1.57 bits per heavy atom. The zero-order valence-corrected chi connectivity index (χ0v) is 8.84. The van der Waals surface area contributed by atoms with E-state index in [9.17, 15) is 9.59 Å². The summed E-state index contributed by atoms with van der Waals surface area (Å²) in [6, 6.07) is 0. The molecule has 0 aromatic carbocycles. The van der Waals surface area contributed by atoms with Gasteiger partial charge in [0.25, 0.3) is 0 Å². The normalized spacial score (nSPS) is 11.9. The highest BCUT2D eigenvalue weighted by Crippen LogP contribution is 2.05. The van der Waals surface area contributed by atoms with Gasteiger partial charge in [-0.3, -0.25) is 4.79 Å². The van der Waals surface area contributed by atoms with Crippen molar-refractivity contribution in [3.63, 3.8) is 0 Å². The Kier molecular flexibility index (Phi) is 5.95. The maximum absolute atomic E-state index is 10.9. The molecule has 0 aromatic rings. The van der Waals surface area contributed by atoms with E-state index in [0.29, 0.717) is 12.0 Å². The van der Waals surface area contributed by atoms with E-state index in [-0.39, 0.29) is 12.5 Å². The van der Waals surface area contributed by atoms with Crippen LogP contribution in [0.5, 0.6) is 0 Å². The molecule has 80 valence electrons. The second-order valence-electron chi connectivity index (χ2n) is 2.96. The lowest BCUT2D eigenvalue weighted by Gasteiger charge is -2.09. The third-order valence-corrected chi connectivity index (χ3v) is 2.01. The van der Waals surface area contributed by atoms with Crippen LogP contribution in [0, 0.1) is 5.92 Å². The van der Waals surface area contributed by atoms with Crippen molar-refractivity contribution < 1.29 is 14.3 Å². The third kappa shape index (κ3) is 4.87. The molecule has 14 heavy (non-hydrogen) atoms. The number of hydrogen-bond donors (Lipinski definition) is 1. The van der Waals surface area contributed by atoms with Gasteiger partial charge in [-0.05, 0) is 13.3 Å². The molecule has 2 N–H and O–H groups in total. The minimum absolute atomic E-state index is 0.131. The fraction of sp³-hybridized carbons (Fsp3) is 0.556. The minimum atomic E-state index is -0.480. The Morgan fingerprint density at radius 3 is 2.50 bits per heavy atom. The van der Waals surface area contributed by atoms with Gasteiger partial charge in [-0.25, -0.2) is 4.79 Å². The summed E-state index contributed by atoms with van der Waals surface area (Å²) in [5.74, 6) is -1.26. The maximum Gasteiger partial charge on any atom is 0.333 e. The van der Waals surface area contributed by atoms with Crippen molar-refractivity contribution in [2.24, 2.45) is 11.7 Å². The van der Waals surface area contributed by atoms with Crippen LogP contribution in [0.4, 0.5) is 0 Å². The number of halogens is 1. The molecule has 0 fully saturated rings. The van der Waals surface area contributed by atoms with Crippen molar-refractivity contribution in [1.29, 1.82) is 0 Å². The minimum Gasteiger partial charge on any atom is -0.462 e. The van der Waals surface area contributed by atoms with Gasteiger partial charge in [0, 0.05) is 11.5 Å². The molecule has 0 aliphatic heterocycles. The van der Waals surface area contributed by atoms with Crippen LogP contribution in [-0.4, -0.2) is 24.4 Å². The summed E-state index contributed by atoms with van der Waals surface area (Å²) in [5, 5.41) is 0. The standard InChI is InChI=1S/C9H14ClNO3/c1-6(2)9(13)14-4-3-7(5-10)8(11)12/h7H,1,3-5H2,2H3,(H2,11,12). The second kappa shape index (κ2) is 6.43. The lowest BCUT2D eigenvalue weighted by atomic mass is 10.1. The van der Waals surface area contributed by atoms with Crippen LogP contribution in [0.1, 0.15) is 13.3 Å². The fourth-order valence-corrected chi connectivity index (χ4v) is 1.02. The highest BCUT2D eigenvalue weighted by Gasteiger charge is 2.14. The number of nitrogens with two attached hydrogens (primary N) is 1. The van der Waals surface area contributed by atoms with E-state index in [0.717, 1.165) is 0 Å². The van der Waals surface area contributed by atoms with Gasteiger partial charge in [-0.2, -0.15) is 0 Å². The van der Waals surface area contributed by atoms with E-state index in [4.69, 9.17) is 22.1 Å². The van der Waals surface area contributed by atoms with E-state index in [2.05, 4.69) is 6.58 Å². The number of primary amides is 1. The van der Waals surface area contributed by atoms with Gasteiger partial charge in [-0.15, -0.1) is 11.6 Å². The molecule has 1 unspecified atom stereocenters. The molecule has 0 rings (SSSR count). The summed E-state index contributed by atoms with van der Waals surface area (Å²) in [4.78, 5) is 21.6. The molecule has 0 spiro atoms. The van der Waals surface area contributed by atoms with Crippen molar-refractivity contribution in [3.05, 3.63) is 12.2 Å². The summed E-state index contributed by atoms with van der Waals surface area (Å²) < 4.78 is 4.78. The van der Waals surface area contributed by atoms with Crippen molar-refractivity contribution in [3.8, 4) is 0 Å². The lowest BCUT2D eigenvalue weighted by molar-refractivity contribution is -0.140. The van der Waals surface area contributed by atoms with E-state index in [1.54, 1.807) is 6.92 Å². The average molecular weight is 220 g/mol. The number of carbonyl (C=O) groups is 2. The lowest BCUT2D eigenvalue weighted by Crippen LogP contribution is -2.26. The van der Waals surface area contributed by atoms with Crippen LogP contribution in [-0.2, 0) is 14.3 Å². The van der Waals surface area contributed by atoms with Crippen LogP contribution in [0.25, 0.3) is 0 Å². The van der Waals surface area contributed by atoms with Crippen molar-refractivity contribution >= 4 is 23.5 Å². The smallest absolute Gasteiger partial charge is 0.333 e. The predicted molar refractivity (Wildman–Crippen MR) is 53.8 cm³/mol. The van der Waals surface area contributed by atoms with Crippen LogP contribution in [0.3, 0.4) is 0 Å². The Labute approximate surface area is 88.0 Å². The number of carbonyl (C=O) groups excluding carboxylic acids is 2. The first-order chi connectivity index (χ1) is 6.49. The zero-order valence-electron chi connectivity index (χ0n) is 8.09. The van der Waals surface area contributed by atoms with E-state index >= 15 is 0 Å². The van der Waals surface area contributed by atoms with Gasteiger partial charge < -0.3 is 10.5 Å². The third-order valence-electron chi connectivity index (χ3n) is 1.64. The van der Waals surface area contributed by atoms with Gasteiger partial charge in [0.15, 0.2) is 0 Å². The molecule has 0 radical (unpaired) electrons. The van der Waals surface area contributed by atoms with E-state index < -0.39 is 17.8 Å². The summed E-state index contributed by atoms with van der Waals surface area (Å²) in [6.07, 6.45) is 0.345. The van der Waals surface area contributed by atoms with Gasteiger partial charge >= 0.3 is 5.97 Å². The summed E-state index contributed by atoms with van der Waals surface area (Å²) in [5.41, 5.74) is 5.37. The number of rotatable bonds is 6. The first kappa shape index (κ1) is 13.0. The molecule has 0 aliphatic carbocycles. The van der Waals surface area contributed by atoms with Crippen LogP contribution in [0.15, 0.2) is 12.2 Å². The van der Waals surface area contributed by atoms with E-state index in [1.165, 1.54) is 0 Å². The number of amides is 1. The predicted octanol–water partition coefficient (Wildman–Crippen LogP) is 0.836. The molecule has 0 heterocycles. The first-order valence-corrected chi connectivity index (χ1v) is 4.70. The van der Waals surface area contributed by atoms with Crippen molar-refractivity contribution in [2.45, 2.75) is 13.3 Å². The molecule has 1 atom stereocenters. The molecule has 0 saturated heterocycles. The Bertz CT molecular complexity index is 240. The molecule has 0 saturated carbocycles. The number of alkyl halides is 1. The maximum atomic E-state index is 10.9. The molecular formula is C9H14ClNO3. The summed E-state index contributed by atoms with van der Waals surface area (Å²) in [6.45, 7) is 5.10. The molecule has 0 aliphatic rings. The summed E-state index contributed by atoms with van der Waals surface area (Å²) >= 11 is 5.48. The van der Waals surface area contributed by atoms with Crippen LogP contribution >= 0.6 is 11.6 Å². The van der Waals surface area contributed by atoms with Gasteiger partial charge in [0.2, 0.25) is 5.91 Å².